The maximum atomic E-state index is 12.3. The van der Waals surface area contributed by atoms with E-state index in [1.807, 2.05) is 20.8 Å². The van der Waals surface area contributed by atoms with Gasteiger partial charge in [-0.05, 0) is 47.1 Å². The maximum Gasteiger partial charge on any atom is 0.141 e. The SMILES string of the molecule is CC(CCN)C(=O)C1CC(C)(C)OC1(C)C. The van der Waals surface area contributed by atoms with Crippen molar-refractivity contribution in [2.24, 2.45) is 17.6 Å². The summed E-state index contributed by atoms with van der Waals surface area (Å²) in [5.74, 6) is 0.358. The van der Waals surface area contributed by atoms with Crippen LogP contribution in [0.4, 0.5) is 0 Å². The number of rotatable bonds is 4. The topological polar surface area (TPSA) is 52.3 Å². The van der Waals surface area contributed by atoms with Gasteiger partial charge in [0.25, 0.3) is 0 Å². The summed E-state index contributed by atoms with van der Waals surface area (Å²) in [7, 11) is 0. The number of nitrogens with two attached hydrogens (primary N) is 1. The molecular formula is C13H25NO2. The average molecular weight is 227 g/mol. The van der Waals surface area contributed by atoms with E-state index in [2.05, 4.69) is 13.8 Å². The highest BCUT2D eigenvalue weighted by atomic mass is 16.5. The molecular weight excluding hydrogens is 202 g/mol. The van der Waals surface area contributed by atoms with Gasteiger partial charge in [-0.3, -0.25) is 4.79 Å². The molecule has 0 radical (unpaired) electrons. The number of ether oxygens (including phenoxy) is 1. The van der Waals surface area contributed by atoms with Crippen molar-refractivity contribution < 1.29 is 9.53 Å². The van der Waals surface area contributed by atoms with Crippen LogP contribution in [0.25, 0.3) is 0 Å². The summed E-state index contributed by atoms with van der Waals surface area (Å²) in [6, 6.07) is 0. The molecule has 1 aliphatic heterocycles. The van der Waals surface area contributed by atoms with Crippen LogP contribution in [0.3, 0.4) is 0 Å². The zero-order valence-corrected chi connectivity index (χ0v) is 11.2. The first kappa shape index (κ1) is 13.7. The zero-order valence-electron chi connectivity index (χ0n) is 11.2. The van der Waals surface area contributed by atoms with E-state index in [9.17, 15) is 4.79 Å². The fraction of sp³-hybridized carbons (Fsp3) is 0.923. The normalized spacial score (nSPS) is 29.0. The first-order valence-electron chi connectivity index (χ1n) is 6.13. The average Bonchev–Trinajstić information content (AvgIpc) is 2.33. The molecule has 3 heteroatoms. The van der Waals surface area contributed by atoms with E-state index in [4.69, 9.17) is 10.5 Å². The second kappa shape index (κ2) is 4.46. The Balaban J connectivity index is 2.77. The lowest BCUT2D eigenvalue weighted by atomic mass is 9.79. The third-order valence-electron chi connectivity index (χ3n) is 3.50. The summed E-state index contributed by atoms with van der Waals surface area (Å²) in [6.07, 6.45) is 1.58. The summed E-state index contributed by atoms with van der Waals surface area (Å²) in [5.41, 5.74) is 4.97. The Morgan fingerprint density at radius 1 is 1.44 bits per heavy atom. The van der Waals surface area contributed by atoms with Crippen LogP contribution in [0.2, 0.25) is 0 Å². The lowest BCUT2D eigenvalue weighted by Crippen LogP contribution is -2.36. The Morgan fingerprint density at radius 3 is 2.38 bits per heavy atom. The standard InChI is InChI=1S/C13H25NO2/c1-9(6-7-14)11(15)10-8-12(2,3)16-13(10,4)5/h9-10H,6-8,14H2,1-5H3. The third-order valence-corrected chi connectivity index (χ3v) is 3.50. The van der Waals surface area contributed by atoms with Crippen molar-refractivity contribution in [3.63, 3.8) is 0 Å². The van der Waals surface area contributed by atoms with Crippen molar-refractivity contribution in [1.29, 1.82) is 0 Å². The predicted molar refractivity (Wildman–Crippen MR) is 65.2 cm³/mol. The highest BCUT2D eigenvalue weighted by Gasteiger charge is 2.49. The van der Waals surface area contributed by atoms with E-state index in [1.54, 1.807) is 0 Å². The van der Waals surface area contributed by atoms with Crippen molar-refractivity contribution in [2.45, 2.75) is 58.7 Å². The van der Waals surface area contributed by atoms with Gasteiger partial charge in [0.15, 0.2) is 0 Å². The molecule has 1 heterocycles. The second-order valence-electron chi connectivity index (χ2n) is 6.10. The van der Waals surface area contributed by atoms with E-state index in [-0.39, 0.29) is 23.0 Å². The first-order chi connectivity index (χ1) is 7.19. The van der Waals surface area contributed by atoms with Crippen molar-refractivity contribution >= 4 is 5.78 Å². The van der Waals surface area contributed by atoms with Crippen LogP contribution in [-0.2, 0) is 9.53 Å². The van der Waals surface area contributed by atoms with Crippen LogP contribution in [0.1, 0.15) is 47.5 Å². The summed E-state index contributed by atoms with van der Waals surface area (Å²) in [5, 5.41) is 0. The van der Waals surface area contributed by atoms with E-state index in [1.165, 1.54) is 0 Å². The number of hydrogen-bond acceptors (Lipinski definition) is 3. The Bertz CT molecular complexity index is 271. The molecule has 16 heavy (non-hydrogen) atoms. The lowest BCUT2D eigenvalue weighted by molar-refractivity contribution is -0.133. The van der Waals surface area contributed by atoms with Gasteiger partial charge in [0.2, 0.25) is 0 Å². The molecule has 0 saturated carbocycles. The van der Waals surface area contributed by atoms with Gasteiger partial charge in [-0.1, -0.05) is 6.92 Å². The number of carbonyl (C=O) groups is 1. The third kappa shape index (κ3) is 2.83. The predicted octanol–water partition coefficient (Wildman–Crippen LogP) is 2.13. The Hall–Kier alpha value is -0.410. The van der Waals surface area contributed by atoms with E-state index >= 15 is 0 Å². The fourth-order valence-electron chi connectivity index (χ4n) is 2.74. The minimum atomic E-state index is -0.344. The van der Waals surface area contributed by atoms with Gasteiger partial charge in [-0.15, -0.1) is 0 Å². The van der Waals surface area contributed by atoms with Crippen LogP contribution in [0.15, 0.2) is 0 Å². The van der Waals surface area contributed by atoms with Crippen LogP contribution >= 0.6 is 0 Å². The molecule has 0 aliphatic carbocycles. The Kier molecular flexibility index (Phi) is 3.80. The molecule has 3 nitrogen and oxygen atoms in total. The minimum Gasteiger partial charge on any atom is -0.369 e. The highest BCUT2D eigenvalue weighted by molar-refractivity contribution is 5.84. The lowest BCUT2D eigenvalue weighted by Gasteiger charge is -2.27. The molecule has 0 aromatic carbocycles. The molecule has 0 bridgehead atoms. The van der Waals surface area contributed by atoms with Crippen LogP contribution in [-0.4, -0.2) is 23.5 Å². The van der Waals surface area contributed by atoms with Crippen molar-refractivity contribution in [3.8, 4) is 0 Å². The van der Waals surface area contributed by atoms with E-state index in [0.717, 1.165) is 12.8 Å². The van der Waals surface area contributed by atoms with Crippen LogP contribution in [0.5, 0.6) is 0 Å². The summed E-state index contributed by atoms with van der Waals surface area (Å²) >= 11 is 0. The smallest absolute Gasteiger partial charge is 0.141 e. The molecule has 2 atom stereocenters. The molecule has 1 fully saturated rings. The summed E-state index contributed by atoms with van der Waals surface area (Å²) in [4.78, 5) is 12.3. The number of carbonyl (C=O) groups excluding carboxylic acids is 1. The molecule has 0 aromatic rings. The maximum absolute atomic E-state index is 12.3. The number of ketones is 1. The van der Waals surface area contributed by atoms with Gasteiger partial charge < -0.3 is 10.5 Å². The molecule has 1 aliphatic rings. The molecule has 2 unspecified atom stereocenters. The van der Waals surface area contributed by atoms with E-state index < -0.39 is 0 Å². The van der Waals surface area contributed by atoms with Crippen LogP contribution in [0, 0.1) is 11.8 Å². The van der Waals surface area contributed by atoms with Crippen LogP contribution < -0.4 is 5.73 Å². The van der Waals surface area contributed by atoms with Crippen molar-refractivity contribution in [3.05, 3.63) is 0 Å². The Labute approximate surface area is 98.7 Å². The highest BCUT2D eigenvalue weighted by Crippen LogP contribution is 2.43. The Morgan fingerprint density at radius 2 is 2.00 bits per heavy atom. The molecule has 0 amide bonds. The zero-order chi connectivity index (χ0) is 12.6. The number of Topliss-reactive ketones (excluding diaryl/α,β-unsaturated/α-hetero) is 1. The quantitative estimate of drug-likeness (QED) is 0.800. The van der Waals surface area contributed by atoms with Gasteiger partial charge in [0.1, 0.15) is 5.78 Å². The van der Waals surface area contributed by atoms with Gasteiger partial charge >= 0.3 is 0 Å². The minimum absolute atomic E-state index is 0.00375. The monoisotopic (exact) mass is 227 g/mol. The largest absolute Gasteiger partial charge is 0.369 e. The molecule has 2 N–H and O–H groups in total. The molecule has 0 spiro atoms. The van der Waals surface area contributed by atoms with Gasteiger partial charge in [-0.2, -0.15) is 0 Å². The molecule has 0 aromatic heterocycles. The summed E-state index contributed by atoms with van der Waals surface area (Å²) < 4.78 is 5.95. The van der Waals surface area contributed by atoms with Gasteiger partial charge in [0, 0.05) is 11.8 Å². The van der Waals surface area contributed by atoms with Crippen molar-refractivity contribution in [1.82, 2.24) is 0 Å². The fourth-order valence-corrected chi connectivity index (χ4v) is 2.74. The van der Waals surface area contributed by atoms with E-state index in [0.29, 0.717) is 12.3 Å². The second-order valence-corrected chi connectivity index (χ2v) is 6.10. The van der Waals surface area contributed by atoms with Gasteiger partial charge in [-0.25, -0.2) is 0 Å². The van der Waals surface area contributed by atoms with Crippen molar-refractivity contribution in [2.75, 3.05) is 6.54 Å². The van der Waals surface area contributed by atoms with Gasteiger partial charge in [0.05, 0.1) is 11.2 Å². The first-order valence-corrected chi connectivity index (χ1v) is 6.13. The molecule has 1 saturated heterocycles. The molecule has 1 rings (SSSR count). The summed E-state index contributed by atoms with van der Waals surface area (Å²) in [6.45, 7) is 10.7. The molecule has 94 valence electrons. The number of hydrogen-bond donors (Lipinski definition) is 1.